The second kappa shape index (κ2) is 10.7. The Morgan fingerprint density at radius 3 is 2.37 bits per heavy atom. The highest BCUT2D eigenvalue weighted by Crippen LogP contribution is 2.30. The second-order valence-electron chi connectivity index (χ2n) is 8.57. The molecule has 202 valence electrons. The maximum absolute atomic E-state index is 14.6. The van der Waals surface area contributed by atoms with E-state index < -0.39 is 27.6 Å². The molecule has 2 heterocycles. The van der Waals surface area contributed by atoms with Gasteiger partial charge in [0.25, 0.3) is 11.8 Å². The van der Waals surface area contributed by atoms with Gasteiger partial charge in [-0.15, -0.1) is 0 Å². The van der Waals surface area contributed by atoms with Crippen molar-refractivity contribution in [2.45, 2.75) is 0 Å². The largest absolute Gasteiger partial charge is 0.494 e. The average Bonchev–Trinajstić information content (AvgIpc) is 3.26. The predicted molar refractivity (Wildman–Crippen MR) is 137 cm³/mol. The van der Waals surface area contributed by atoms with Crippen molar-refractivity contribution in [2.75, 3.05) is 44.9 Å². The maximum atomic E-state index is 14.6. The number of hydrogen-bond donors (Lipinski definition) is 1. The SMILES string of the molecule is COc1ccc(-c2cnc(C(=O)Nc3ccc(C(=O)N4CCN(S(C)(=O)=O)CC4)c(Cl)c3)n2C)c(F)c1F. The first-order valence-electron chi connectivity index (χ1n) is 11.3. The highest BCUT2D eigenvalue weighted by atomic mass is 35.5. The van der Waals surface area contributed by atoms with Crippen LogP contribution in [0, 0.1) is 11.6 Å². The van der Waals surface area contributed by atoms with Gasteiger partial charge in [0.2, 0.25) is 15.8 Å². The molecule has 3 aromatic rings. The molecule has 1 aliphatic heterocycles. The first-order valence-corrected chi connectivity index (χ1v) is 13.5. The van der Waals surface area contributed by atoms with Gasteiger partial charge in [-0.3, -0.25) is 9.59 Å². The third-order valence-electron chi connectivity index (χ3n) is 6.19. The summed E-state index contributed by atoms with van der Waals surface area (Å²) in [4.78, 5) is 31.3. The van der Waals surface area contributed by atoms with Crippen molar-refractivity contribution in [3.63, 3.8) is 0 Å². The van der Waals surface area contributed by atoms with Crippen molar-refractivity contribution in [1.29, 1.82) is 0 Å². The smallest absolute Gasteiger partial charge is 0.291 e. The Hall–Kier alpha value is -3.55. The molecule has 0 aliphatic carbocycles. The number of ether oxygens (including phenoxy) is 1. The van der Waals surface area contributed by atoms with Crippen molar-refractivity contribution in [3.05, 3.63) is 64.6 Å². The normalized spacial score (nSPS) is 14.4. The summed E-state index contributed by atoms with van der Waals surface area (Å²) in [6.07, 6.45) is 2.37. The molecule has 0 bridgehead atoms. The summed E-state index contributed by atoms with van der Waals surface area (Å²) >= 11 is 6.33. The first-order chi connectivity index (χ1) is 17.9. The Balaban J connectivity index is 1.47. The fourth-order valence-electron chi connectivity index (χ4n) is 4.10. The summed E-state index contributed by atoms with van der Waals surface area (Å²) in [7, 11) is -0.624. The number of imidazole rings is 1. The number of aromatic nitrogens is 2. The molecule has 1 aromatic heterocycles. The van der Waals surface area contributed by atoms with Gasteiger partial charge in [0.1, 0.15) is 0 Å². The fourth-order valence-corrected chi connectivity index (χ4v) is 5.19. The van der Waals surface area contributed by atoms with Crippen molar-refractivity contribution < 1.29 is 31.5 Å². The average molecular weight is 568 g/mol. The Bertz CT molecular complexity index is 1520. The van der Waals surface area contributed by atoms with Crippen molar-refractivity contribution in [2.24, 2.45) is 7.05 Å². The van der Waals surface area contributed by atoms with Crippen LogP contribution >= 0.6 is 11.6 Å². The molecule has 14 heteroatoms. The van der Waals surface area contributed by atoms with Gasteiger partial charge in [-0.05, 0) is 30.3 Å². The van der Waals surface area contributed by atoms with Crippen LogP contribution in [-0.2, 0) is 17.1 Å². The highest BCUT2D eigenvalue weighted by Gasteiger charge is 2.28. The molecule has 2 aromatic carbocycles. The minimum atomic E-state index is -3.33. The lowest BCUT2D eigenvalue weighted by Crippen LogP contribution is -2.50. The van der Waals surface area contributed by atoms with E-state index in [4.69, 9.17) is 16.3 Å². The molecule has 1 aliphatic rings. The van der Waals surface area contributed by atoms with E-state index in [0.717, 1.165) is 6.26 Å². The number of halogens is 3. The van der Waals surface area contributed by atoms with Crippen LogP contribution in [0.25, 0.3) is 11.3 Å². The van der Waals surface area contributed by atoms with Gasteiger partial charge in [0, 0.05) is 44.5 Å². The Labute approximate surface area is 222 Å². The number of nitrogens with zero attached hydrogens (tertiary/aromatic N) is 4. The molecule has 0 saturated carbocycles. The minimum Gasteiger partial charge on any atom is -0.494 e. The molecular weight excluding hydrogens is 544 g/mol. The standard InChI is InChI=1S/C24H24ClF2N5O5S/c1-30-18(16-6-7-19(37-2)21(27)20(16)26)13-28-22(30)23(33)29-14-4-5-15(17(25)12-14)24(34)31-8-10-32(11-9-31)38(3,35)36/h4-7,12-13H,8-11H2,1-3H3,(H,29,33). The zero-order valence-corrected chi connectivity index (χ0v) is 22.2. The van der Waals surface area contributed by atoms with E-state index in [1.807, 2.05) is 0 Å². The maximum Gasteiger partial charge on any atom is 0.291 e. The van der Waals surface area contributed by atoms with E-state index in [1.165, 1.54) is 64.5 Å². The zero-order valence-electron chi connectivity index (χ0n) is 20.7. The van der Waals surface area contributed by atoms with E-state index in [0.29, 0.717) is 0 Å². The summed E-state index contributed by atoms with van der Waals surface area (Å²) in [5.74, 6) is -3.61. The number of amides is 2. The zero-order chi connectivity index (χ0) is 27.8. The number of methoxy groups -OCH3 is 1. The van der Waals surface area contributed by atoms with Crippen molar-refractivity contribution in [3.8, 4) is 17.0 Å². The van der Waals surface area contributed by atoms with Crippen LogP contribution in [-0.4, -0.2) is 78.5 Å². The second-order valence-corrected chi connectivity index (χ2v) is 11.0. The molecule has 1 saturated heterocycles. The van der Waals surface area contributed by atoms with Gasteiger partial charge < -0.3 is 19.5 Å². The van der Waals surface area contributed by atoms with E-state index >= 15 is 0 Å². The molecule has 38 heavy (non-hydrogen) atoms. The number of anilines is 1. The van der Waals surface area contributed by atoms with Gasteiger partial charge in [0.15, 0.2) is 17.4 Å². The molecule has 4 rings (SSSR count). The number of piperazine rings is 1. The van der Waals surface area contributed by atoms with Crippen LogP contribution in [0.15, 0.2) is 36.5 Å². The van der Waals surface area contributed by atoms with Crippen LogP contribution in [0.3, 0.4) is 0 Å². The number of benzene rings is 2. The third-order valence-corrected chi connectivity index (χ3v) is 7.80. The van der Waals surface area contributed by atoms with E-state index in [2.05, 4.69) is 10.3 Å². The lowest BCUT2D eigenvalue weighted by molar-refractivity contribution is 0.0698. The van der Waals surface area contributed by atoms with Crippen LogP contribution in [0.1, 0.15) is 21.0 Å². The van der Waals surface area contributed by atoms with Gasteiger partial charge >= 0.3 is 0 Å². The molecular formula is C24H24ClF2N5O5S. The number of carbonyl (C=O) groups is 2. The summed E-state index contributed by atoms with van der Waals surface area (Å²) in [5.41, 5.74) is 0.559. The third kappa shape index (κ3) is 5.35. The van der Waals surface area contributed by atoms with Gasteiger partial charge in [-0.1, -0.05) is 11.6 Å². The van der Waals surface area contributed by atoms with E-state index in [-0.39, 0.29) is 71.2 Å². The van der Waals surface area contributed by atoms with Gasteiger partial charge in [-0.25, -0.2) is 17.8 Å². The molecule has 0 atom stereocenters. The molecule has 0 spiro atoms. The summed E-state index contributed by atoms with van der Waals surface area (Å²) in [5, 5.41) is 2.72. The Morgan fingerprint density at radius 2 is 1.76 bits per heavy atom. The van der Waals surface area contributed by atoms with Crippen LogP contribution in [0.5, 0.6) is 5.75 Å². The highest BCUT2D eigenvalue weighted by molar-refractivity contribution is 7.88. The molecule has 0 unspecified atom stereocenters. The Morgan fingerprint density at radius 1 is 1.08 bits per heavy atom. The Kier molecular flexibility index (Phi) is 7.72. The quantitative estimate of drug-likeness (QED) is 0.490. The van der Waals surface area contributed by atoms with E-state index in [9.17, 15) is 26.8 Å². The number of rotatable bonds is 6. The minimum absolute atomic E-state index is 0.0735. The van der Waals surface area contributed by atoms with Gasteiger partial charge in [-0.2, -0.15) is 8.70 Å². The summed E-state index contributed by atoms with van der Waals surface area (Å²) in [6.45, 7) is 0.825. The monoisotopic (exact) mass is 567 g/mol. The lowest BCUT2D eigenvalue weighted by atomic mass is 10.1. The number of hydrogen-bond acceptors (Lipinski definition) is 6. The van der Waals surface area contributed by atoms with Crippen LogP contribution in [0.2, 0.25) is 5.02 Å². The molecule has 1 N–H and O–H groups in total. The molecule has 0 radical (unpaired) electrons. The number of nitrogens with one attached hydrogen (secondary N) is 1. The van der Waals surface area contributed by atoms with Gasteiger partial charge in [0.05, 0.1) is 35.8 Å². The first kappa shape index (κ1) is 27.5. The summed E-state index contributed by atoms with van der Waals surface area (Å²) < 4.78 is 59.5. The molecule has 2 amide bonds. The molecule has 1 fully saturated rings. The van der Waals surface area contributed by atoms with Crippen molar-refractivity contribution in [1.82, 2.24) is 18.8 Å². The topological polar surface area (TPSA) is 114 Å². The summed E-state index contributed by atoms with van der Waals surface area (Å²) in [6, 6.07) is 6.96. The lowest BCUT2D eigenvalue weighted by Gasteiger charge is -2.33. The fraction of sp³-hybridized carbons (Fsp3) is 0.292. The van der Waals surface area contributed by atoms with E-state index in [1.54, 1.807) is 0 Å². The number of carbonyl (C=O) groups excluding carboxylic acids is 2. The predicted octanol–water partition coefficient (Wildman–Crippen LogP) is 3.00. The van der Waals surface area contributed by atoms with Crippen molar-refractivity contribution >= 4 is 39.1 Å². The number of sulfonamides is 1. The molecule has 10 nitrogen and oxygen atoms in total. The van der Waals surface area contributed by atoms with Crippen LogP contribution in [0.4, 0.5) is 14.5 Å². The van der Waals surface area contributed by atoms with Crippen LogP contribution < -0.4 is 10.1 Å².